The smallest absolute Gasteiger partial charge is 0.0637 e. The van der Waals surface area contributed by atoms with Gasteiger partial charge in [0.25, 0.3) is 0 Å². The standard InChI is InChI=1S/C20H18S2/c1-4-10-17(11-5-1)16-20(21-18-12-6-2-7-13-18)22-19-14-8-3-9-15-19/h1-15,20H,16H2. The zero-order valence-electron chi connectivity index (χ0n) is 12.3. The second-order valence-electron chi connectivity index (χ2n) is 4.98. The monoisotopic (exact) mass is 322 g/mol. The predicted molar refractivity (Wildman–Crippen MR) is 98.5 cm³/mol. The first-order valence-electron chi connectivity index (χ1n) is 7.37. The Labute approximate surface area is 141 Å². The highest BCUT2D eigenvalue weighted by molar-refractivity contribution is 8.17. The van der Waals surface area contributed by atoms with E-state index in [0.29, 0.717) is 4.58 Å². The summed E-state index contributed by atoms with van der Waals surface area (Å²) in [4.78, 5) is 2.65. The number of benzene rings is 3. The zero-order chi connectivity index (χ0) is 15.0. The van der Waals surface area contributed by atoms with Crippen LogP contribution in [0, 0.1) is 0 Å². The second kappa shape index (κ2) is 8.11. The maximum absolute atomic E-state index is 2.21. The van der Waals surface area contributed by atoms with Crippen LogP contribution in [0.3, 0.4) is 0 Å². The maximum Gasteiger partial charge on any atom is 0.0637 e. The predicted octanol–water partition coefficient (Wildman–Crippen LogP) is 6.14. The molecule has 0 N–H and O–H groups in total. The third-order valence-electron chi connectivity index (χ3n) is 3.27. The van der Waals surface area contributed by atoms with E-state index >= 15 is 0 Å². The molecule has 22 heavy (non-hydrogen) atoms. The summed E-state index contributed by atoms with van der Waals surface area (Å²) < 4.78 is 0.465. The Bertz CT molecular complexity index is 567. The van der Waals surface area contributed by atoms with Crippen LogP contribution in [0.4, 0.5) is 0 Å². The molecule has 0 aliphatic rings. The van der Waals surface area contributed by atoms with Crippen LogP contribution in [0.2, 0.25) is 0 Å². The van der Waals surface area contributed by atoms with Gasteiger partial charge >= 0.3 is 0 Å². The van der Waals surface area contributed by atoms with Crippen molar-refractivity contribution in [3.8, 4) is 0 Å². The lowest BCUT2D eigenvalue weighted by Gasteiger charge is -2.16. The number of thioether (sulfide) groups is 2. The van der Waals surface area contributed by atoms with Gasteiger partial charge in [-0.25, -0.2) is 0 Å². The van der Waals surface area contributed by atoms with E-state index < -0.39 is 0 Å². The minimum atomic E-state index is 0.465. The van der Waals surface area contributed by atoms with Gasteiger partial charge in [0.05, 0.1) is 4.58 Å². The molecule has 0 saturated heterocycles. The van der Waals surface area contributed by atoms with Crippen LogP contribution in [-0.2, 0) is 6.42 Å². The molecule has 0 aliphatic heterocycles. The molecular weight excluding hydrogens is 304 g/mol. The summed E-state index contributed by atoms with van der Waals surface area (Å²) in [6.07, 6.45) is 1.06. The van der Waals surface area contributed by atoms with E-state index in [1.807, 2.05) is 23.5 Å². The van der Waals surface area contributed by atoms with Crippen LogP contribution in [0.5, 0.6) is 0 Å². The lowest BCUT2D eigenvalue weighted by atomic mass is 10.2. The van der Waals surface area contributed by atoms with Crippen molar-refractivity contribution in [1.29, 1.82) is 0 Å². The van der Waals surface area contributed by atoms with Crippen LogP contribution >= 0.6 is 23.5 Å². The molecule has 3 aromatic rings. The lowest BCUT2D eigenvalue weighted by molar-refractivity contribution is 1.10. The number of hydrogen-bond donors (Lipinski definition) is 0. The van der Waals surface area contributed by atoms with Gasteiger partial charge in [-0.05, 0) is 36.2 Å². The van der Waals surface area contributed by atoms with Gasteiger partial charge in [-0.15, -0.1) is 23.5 Å². The van der Waals surface area contributed by atoms with Crippen molar-refractivity contribution >= 4 is 23.5 Å². The Hall–Kier alpha value is -1.64. The van der Waals surface area contributed by atoms with Crippen LogP contribution < -0.4 is 0 Å². The summed E-state index contributed by atoms with van der Waals surface area (Å²) in [6, 6.07) is 32.1. The molecule has 0 radical (unpaired) electrons. The van der Waals surface area contributed by atoms with Gasteiger partial charge in [-0.2, -0.15) is 0 Å². The van der Waals surface area contributed by atoms with E-state index in [4.69, 9.17) is 0 Å². The fourth-order valence-corrected chi connectivity index (χ4v) is 4.86. The minimum Gasteiger partial charge on any atom is -0.111 e. The Kier molecular flexibility index (Phi) is 5.63. The Morgan fingerprint density at radius 3 is 1.41 bits per heavy atom. The molecule has 0 bridgehead atoms. The molecule has 0 unspecified atom stereocenters. The van der Waals surface area contributed by atoms with Crippen molar-refractivity contribution < 1.29 is 0 Å². The minimum absolute atomic E-state index is 0.465. The molecule has 3 aromatic carbocycles. The SMILES string of the molecule is c1ccc(CC(Sc2ccccc2)Sc2ccccc2)cc1. The molecule has 3 rings (SSSR count). The van der Waals surface area contributed by atoms with Crippen molar-refractivity contribution in [2.75, 3.05) is 0 Å². The van der Waals surface area contributed by atoms with E-state index in [2.05, 4.69) is 91.0 Å². The average Bonchev–Trinajstić information content (AvgIpc) is 2.57. The van der Waals surface area contributed by atoms with Gasteiger partial charge in [0, 0.05) is 9.79 Å². The van der Waals surface area contributed by atoms with Crippen molar-refractivity contribution in [2.45, 2.75) is 20.8 Å². The van der Waals surface area contributed by atoms with Crippen molar-refractivity contribution in [1.82, 2.24) is 0 Å². The summed E-state index contributed by atoms with van der Waals surface area (Å²) in [7, 11) is 0. The second-order valence-corrected chi connectivity index (χ2v) is 7.83. The zero-order valence-corrected chi connectivity index (χ0v) is 13.9. The first kappa shape index (κ1) is 15.3. The fourth-order valence-electron chi connectivity index (χ4n) is 2.22. The lowest BCUT2D eigenvalue weighted by Crippen LogP contribution is -2.02. The van der Waals surface area contributed by atoms with Crippen LogP contribution in [-0.4, -0.2) is 4.58 Å². The molecule has 0 heterocycles. The van der Waals surface area contributed by atoms with Crippen molar-refractivity contribution in [3.63, 3.8) is 0 Å². The van der Waals surface area contributed by atoms with Crippen LogP contribution in [0.25, 0.3) is 0 Å². The molecule has 0 aromatic heterocycles. The Balaban J connectivity index is 1.75. The first-order chi connectivity index (χ1) is 10.9. The molecular formula is C20H18S2. The molecule has 0 amide bonds. The fraction of sp³-hybridized carbons (Fsp3) is 0.100. The Morgan fingerprint density at radius 2 is 0.955 bits per heavy atom. The van der Waals surface area contributed by atoms with Crippen LogP contribution in [0.1, 0.15) is 5.56 Å². The van der Waals surface area contributed by atoms with Gasteiger partial charge in [0.15, 0.2) is 0 Å². The van der Waals surface area contributed by atoms with Gasteiger partial charge in [0.2, 0.25) is 0 Å². The molecule has 0 spiro atoms. The van der Waals surface area contributed by atoms with Gasteiger partial charge < -0.3 is 0 Å². The highest BCUT2D eigenvalue weighted by atomic mass is 32.2. The van der Waals surface area contributed by atoms with Crippen molar-refractivity contribution in [3.05, 3.63) is 96.6 Å². The number of hydrogen-bond acceptors (Lipinski definition) is 2. The van der Waals surface area contributed by atoms with Gasteiger partial charge in [-0.1, -0.05) is 66.7 Å². The summed E-state index contributed by atoms with van der Waals surface area (Å²) in [5, 5.41) is 0. The molecule has 0 nitrogen and oxygen atoms in total. The topological polar surface area (TPSA) is 0 Å². The average molecular weight is 322 g/mol. The Morgan fingerprint density at radius 1 is 0.545 bits per heavy atom. The largest absolute Gasteiger partial charge is 0.111 e. The van der Waals surface area contributed by atoms with Gasteiger partial charge in [-0.3, -0.25) is 0 Å². The first-order valence-corrected chi connectivity index (χ1v) is 9.13. The summed E-state index contributed by atoms with van der Waals surface area (Å²) in [5.41, 5.74) is 1.39. The quantitative estimate of drug-likeness (QED) is 0.395. The van der Waals surface area contributed by atoms with Crippen LogP contribution in [0.15, 0.2) is 101 Å². The van der Waals surface area contributed by atoms with E-state index in [9.17, 15) is 0 Å². The molecule has 0 fully saturated rings. The maximum atomic E-state index is 2.21. The summed E-state index contributed by atoms with van der Waals surface area (Å²) in [5.74, 6) is 0. The molecule has 0 aliphatic carbocycles. The molecule has 110 valence electrons. The third kappa shape index (κ3) is 4.69. The highest BCUT2D eigenvalue weighted by Crippen LogP contribution is 2.37. The summed E-state index contributed by atoms with van der Waals surface area (Å²) >= 11 is 3.88. The van der Waals surface area contributed by atoms with E-state index in [1.54, 1.807) is 0 Å². The number of rotatable bonds is 6. The molecule has 2 heteroatoms. The van der Waals surface area contributed by atoms with E-state index in [0.717, 1.165) is 6.42 Å². The van der Waals surface area contributed by atoms with Gasteiger partial charge in [0.1, 0.15) is 0 Å². The van der Waals surface area contributed by atoms with Crippen molar-refractivity contribution in [2.24, 2.45) is 0 Å². The summed E-state index contributed by atoms with van der Waals surface area (Å²) in [6.45, 7) is 0. The molecule has 0 saturated carbocycles. The highest BCUT2D eigenvalue weighted by Gasteiger charge is 2.13. The third-order valence-corrected chi connectivity index (χ3v) is 5.79. The molecule has 0 atom stereocenters. The van der Waals surface area contributed by atoms with E-state index in [-0.39, 0.29) is 0 Å². The normalized spacial score (nSPS) is 10.8. The van der Waals surface area contributed by atoms with E-state index in [1.165, 1.54) is 15.4 Å².